The summed E-state index contributed by atoms with van der Waals surface area (Å²) in [6, 6.07) is 15.1. The number of pyridine rings is 1. The average Bonchev–Trinajstić information content (AvgIpc) is 2.96. The molecule has 0 amide bonds. The quantitative estimate of drug-likeness (QED) is 0.464. The van der Waals surface area contributed by atoms with Gasteiger partial charge in [-0.2, -0.15) is 0 Å². The van der Waals surface area contributed by atoms with Crippen molar-refractivity contribution in [2.75, 3.05) is 0 Å². The lowest BCUT2D eigenvalue weighted by Gasteiger charge is -2.11. The van der Waals surface area contributed by atoms with Crippen LogP contribution < -0.4 is 0 Å². The van der Waals surface area contributed by atoms with Crippen molar-refractivity contribution in [3.05, 3.63) is 70.3 Å². The van der Waals surface area contributed by atoms with Gasteiger partial charge in [-0.15, -0.1) is 10.2 Å². The highest BCUT2D eigenvalue weighted by molar-refractivity contribution is 7.98. The zero-order valence-electron chi connectivity index (χ0n) is 15.0. The van der Waals surface area contributed by atoms with Gasteiger partial charge in [0, 0.05) is 11.1 Å². The molecule has 0 bridgehead atoms. The predicted octanol–water partition coefficient (Wildman–Crippen LogP) is 5.41. The van der Waals surface area contributed by atoms with Gasteiger partial charge in [0.2, 0.25) is 0 Å². The summed E-state index contributed by atoms with van der Waals surface area (Å²) in [4.78, 5) is 0. The van der Waals surface area contributed by atoms with Crippen LogP contribution >= 0.6 is 11.8 Å². The first-order chi connectivity index (χ1) is 12.0. The van der Waals surface area contributed by atoms with E-state index >= 15 is 0 Å². The van der Waals surface area contributed by atoms with Crippen molar-refractivity contribution in [1.82, 2.24) is 14.6 Å². The van der Waals surface area contributed by atoms with Crippen molar-refractivity contribution < 1.29 is 0 Å². The molecule has 4 rings (SSSR count). The number of aryl methyl sites for hydroxylation is 4. The van der Waals surface area contributed by atoms with E-state index in [1.54, 1.807) is 11.8 Å². The molecule has 2 aromatic heterocycles. The van der Waals surface area contributed by atoms with Crippen LogP contribution in [0.15, 0.2) is 47.6 Å². The van der Waals surface area contributed by atoms with Gasteiger partial charge in [-0.25, -0.2) is 0 Å². The number of fused-ring (bicyclic) bond motifs is 3. The second kappa shape index (κ2) is 6.19. The molecule has 0 atom stereocenters. The molecule has 0 spiro atoms. The second-order valence-corrected chi connectivity index (χ2v) is 7.64. The van der Waals surface area contributed by atoms with Crippen LogP contribution in [0.3, 0.4) is 0 Å². The molecule has 0 saturated heterocycles. The van der Waals surface area contributed by atoms with Crippen LogP contribution in [0.4, 0.5) is 0 Å². The van der Waals surface area contributed by atoms with Crippen molar-refractivity contribution in [1.29, 1.82) is 0 Å². The summed E-state index contributed by atoms with van der Waals surface area (Å²) in [5, 5.41) is 11.1. The molecular weight excluding hydrogens is 326 g/mol. The number of hydrogen-bond donors (Lipinski definition) is 0. The van der Waals surface area contributed by atoms with E-state index in [1.165, 1.54) is 38.7 Å². The lowest BCUT2D eigenvalue weighted by molar-refractivity contribution is 0.937. The molecule has 126 valence electrons. The number of aromatic nitrogens is 3. The van der Waals surface area contributed by atoms with Gasteiger partial charge in [0.25, 0.3) is 0 Å². The van der Waals surface area contributed by atoms with E-state index in [0.29, 0.717) is 0 Å². The standard InChI is InChI=1S/C21H21N3S/c1-13-9-16(4)20-18(10-13)15(3)11-19-22-23-21(24(19)20)25-12-17-8-6-5-7-14(17)2/h5-11H,12H2,1-4H3. The second-order valence-electron chi connectivity index (χ2n) is 6.70. The highest BCUT2D eigenvalue weighted by Crippen LogP contribution is 2.30. The fourth-order valence-electron chi connectivity index (χ4n) is 3.42. The fraction of sp³-hybridized carbons (Fsp3) is 0.238. The van der Waals surface area contributed by atoms with Gasteiger partial charge < -0.3 is 0 Å². The Balaban J connectivity index is 1.85. The molecule has 4 aromatic rings. The largest absolute Gasteiger partial charge is 0.270 e. The van der Waals surface area contributed by atoms with Gasteiger partial charge in [-0.1, -0.05) is 47.7 Å². The van der Waals surface area contributed by atoms with Crippen molar-refractivity contribution >= 4 is 28.3 Å². The lowest BCUT2D eigenvalue weighted by atomic mass is 10.0. The van der Waals surface area contributed by atoms with E-state index in [0.717, 1.165) is 16.6 Å². The lowest BCUT2D eigenvalue weighted by Crippen LogP contribution is -1.97. The maximum absolute atomic E-state index is 4.47. The van der Waals surface area contributed by atoms with E-state index in [2.05, 4.69) is 84.8 Å². The monoisotopic (exact) mass is 347 g/mol. The summed E-state index contributed by atoms with van der Waals surface area (Å²) >= 11 is 1.75. The SMILES string of the molecule is Cc1cc(C)c2c(c1)c(C)cc1nnc(SCc3ccccc3C)n12. The van der Waals surface area contributed by atoms with Crippen molar-refractivity contribution in [3.63, 3.8) is 0 Å². The molecule has 0 unspecified atom stereocenters. The van der Waals surface area contributed by atoms with Crippen LogP contribution in [0.1, 0.15) is 27.8 Å². The number of thioether (sulfide) groups is 1. The van der Waals surface area contributed by atoms with E-state index in [-0.39, 0.29) is 0 Å². The third-order valence-electron chi connectivity index (χ3n) is 4.72. The summed E-state index contributed by atoms with van der Waals surface area (Å²) < 4.78 is 2.21. The minimum absolute atomic E-state index is 0.897. The maximum atomic E-state index is 4.47. The van der Waals surface area contributed by atoms with Gasteiger partial charge in [0.15, 0.2) is 10.8 Å². The summed E-state index contributed by atoms with van der Waals surface area (Å²) in [6.07, 6.45) is 0. The molecule has 0 N–H and O–H groups in total. The van der Waals surface area contributed by atoms with Crippen LogP contribution in [0.25, 0.3) is 16.6 Å². The Bertz CT molecular complexity index is 1100. The van der Waals surface area contributed by atoms with E-state index < -0.39 is 0 Å². The highest BCUT2D eigenvalue weighted by Gasteiger charge is 2.14. The zero-order chi connectivity index (χ0) is 17.6. The normalized spacial score (nSPS) is 11.5. The van der Waals surface area contributed by atoms with Crippen LogP contribution in [-0.4, -0.2) is 14.6 Å². The molecule has 2 aromatic carbocycles. The summed E-state index contributed by atoms with van der Waals surface area (Å²) in [5.41, 5.74) is 8.60. The Morgan fingerprint density at radius 3 is 2.48 bits per heavy atom. The van der Waals surface area contributed by atoms with E-state index in [9.17, 15) is 0 Å². The molecule has 0 aliphatic carbocycles. The Hall–Kier alpha value is -2.33. The molecule has 4 heteroatoms. The molecule has 0 fully saturated rings. The number of rotatable bonds is 3. The first-order valence-electron chi connectivity index (χ1n) is 8.47. The van der Waals surface area contributed by atoms with E-state index in [4.69, 9.17) is 0 Å². The highest BCUT2D eigenvalue weighted by atomic mass is 32.2. The molecule has 0 aliphatic rings. The molecule has 2 heterocycles. The van der Waals surface area contributed by atoms with Crippen LogP contribution in [-0.2, 0) is 5.75 Å². The maximum Gasteiger partial charge on any atom is 0.196 e. The average molecular weight is 347 g/mol. The van der Waals surface area contributed by atoms with Crippen molar-refractivity contribution in [3.8, 4) is 0 Å². The van der Waals surface area contributed by atoms with Gasteiger partial charge in [0.05, 0.1) is 5.52 Å². The number of nitrogens with zero attached hydrogens (tertiary/aromatic N) is 3. The first-order valence-corrected chi connectivity index (χ1v) is 9.46. The third kappa shape index (κ3) is 2.81. The molecular formula is C21H21N3S. The molecule has 0 radical (unpaired) electrons. The topological polar surface area (TPSA) is 30.2 Å². The molecule has 25 heavy (non-hydrogen) atoms. The first kappa shape index (κ1) is 16.2. The van der Waals surface area contributed by atoms with Crippen LogP contribution in [0, 0.1) is 27.7 Å². The summed E-state index contributed by atoms with van der Waals surface area (Å²) in [5.74, 6) is 0.897. The number of hydrogen-bond acceptors (Lipinski definition) is 3. The Kier molecular flexibility index (Phi) is 4.00. The summed E-state index contributed by atoms with van der Waals surface area (Å²) in [7, 11) is 0. The molecule has 0 saturated carbocycles. The van der Waals surface area contributed by atoms with Crippen LogP contribution in [0.5, 0.6) is 0 Å². The predicted molar refractivity (Wildman–Crippen MR) is 105 cm³/mol. The van der Waals surface area contributed by atoms with Gasteiger partial charge in [0.1, 0.15) is 0 Å². The van der Waals surface area contributed by atoms with Gasteiger partial charge >= 0.3 is 0 Å². The van der Waals surface area contributed by atoms with Gasteiger partial charge in [-0.3, -0.25) is 4.40 Å². The van der Waals surface area contributed by atoms with Gasteiger partial charge in [-0.05, 0) is 62.1 Å². The number of benzene rings is 2. The van der Waals surface area contributed by atoms with E-state index in [1.807, 2.05) is 0 Å². The minimum atomic E-state index is 0.897. The minimum Gasteiger partial charge on any atom is -0.270 e. The smallest absolute Gasteiger partial charge is 0.196 e. The molecule has 3 nitrogen and oxygen atoms in total. The Morgan fingerprint density at radius 2 is 1.68 bits per heavy atom. The zero-order valence-corrected chi connectivity index (χ0v) is 15.8. The van der Waals surface area contributed by atoms with Crippen LogP contribution in [0.2, 0.25) is 0 Å². The third-order valence-corrected chi connectivity index (χ3v) is 5.69. The van der Waals surface area contributed by atoms with Crippen molar-refractivity contribution in [2.45, 2.75) is 38.6 Å². The molecule has 0 aliphatic heterocycles. The Morgan fingerprint density at radius 1 is 0.880 bits per heavy atom. The Labute approximate surface area is 152 Å². The summed E-state index contributed by atoms with van der Waals surface area (Å²) in [6.45, 7) is 8.62. The fourth-order valence-corrected chi connectivity index (χ4v) is 4.44. The van der Waals surface area contributed by atoms with Crippen molar-refractivity contribution in [2.24, 2.45) is 0 Å².